The molecule has 6 nitrogen and oxygen atoms in total. The van der Waals surface area contributed by atoms with E-state index in [9.17, 15) is 4.79 Å². The van der Waals surface area contributed by atoms with Crippen molar-refractivity contribution in [2.75, 3.05) is 26.6 Å². The van der Waals surface area contributed by atoms with Crippen molar-refractivity contribution in [3.05, 3.63) is 72.5 Å². The van der Waals surface area contributed by atoms with E-state index in [1.165, 1.54) is 6.08 Å². The van der Waals surface area contributed by atoms with Crippen molar-refractivity contribution < 1.29 is 23.7 Å². The Bertz CT molecular complexity index is 766. The Balaban J connectivity index is 2.61. The lowest BCUT2D eigenvalue weighted by Gasteiger charge is -2.15. The Hall–Kier alpha value is -2.48. The lowest BCUT2D eigenvalue weighted by atomic mass is 10.2. The van der Waals surface area contributed by atoms with Crippen molar-refractivity contribution >= 4 is 19.9 Å². The van der Waals surface area contributed by atoms with E-state index in [0.29, 0.717) is 26.4 Å². The maximum Gasteiger partial charge on any atom is 0.252 e. The van der Waals surface area contributed by atoms with Gasteiger partial charge in [-0.3, -0.25) is 4.79 Å². The first-order valence-electron chi connectivity index (χ1n) is 10.9. The SMILES string of the molecule is C=CC(=NC(=O)C/C=C(/C=C/OCc1ccccc1)COCOCC[Si](C)(C)C)OCC. The number of aliphatic imine (C=N–C) groups is 1. The Labute approximate surface area is 193 Å². The molecular formula is C25H37NO5Si. The van der Waals surface area contributed by atoms with Gasteiger partial charge in [-0.05, 0) is 36.3 Å². The van der Waals surface area contributed by atoms with Gasteiger partial charge in [0.1, 0.15) is 13.4 Å². The van der Waals surface area contributed by atoms with E-state index in [1.54, 1.807) is 18.4 Å². The average Bonchev–Trinajstić information content (AvgIpc) is 2.76. The lowest BCUT2D eigenvalue weighted by molar-refractivity contribution is -0.117. The maximum atomic E-state index is 12.1. The van der Waals surface area contributed by atoms with Crippen LogP contribution in [0.25, 0.3) is 0 Å². The van der Waals surface area contributed by atoms with Crippen molar-refractivity contribution in [3.8, 4) is 0 Å². The highest BCUT2D eigenvalue weighted by molar-refractivity contribution is 6.76. The number of carbonyl (C=O) groups is 1. The van der Waals surface area contributed by atoms with E-state index in [0.717, 1.165) is 17.2 Å². The predicted molar refractivity (Wildman–Crippen MR) is 132 cm³/mol. The van der Waals surface area contributed by atoms with Crippen LogP contribution in [0.4, 0.5) is 0 Å². The van der Waals surface area contributed by atoms with Crippen LogP contribution in [0.15, 0.2) is 72.0 Å². The Morgan fingerprint density at radius 3 is 2.56 bits per heavy atom. The minimum Gasteiger partial charge on any atom is -0.497 e. The molecule has 0 heterocycles. The molecule has 0 aliphatic heterocycles. The third-order valence-electron chi connectivity index (χ3n) is 4.14. The topological polar surface area (TPSA) is 66.4 Å². The van der Waals surface area contributed by atoms with Crippen LogP contribution in [0.5, 0.6) is 0 Å². The van der Waals surface area contributed by atoms with E-state index in [4.69, 9.17) is 18.9 Å². The zero-order valence-corrected chi connectivity index (χ0v) is 20.8. The quantitative estimate of drug-likeness (QED) is 0.0658. The van der Waals surface area contributed by atoms with Crippen LogP contribution in [-0.2, 0) is 30.3 Å². The van der Waals surface area contributed by atoms with E-state index in [2.05, 4.69) is 31.2 Å². The van der Waals surface area contributed by atoms with Gasteiger partial charge in [0.25, 0.3) is 5.91 Å². The molecule has 1 amide bonds. The number of hydrogen-bond donors (Lipinski definition) is 0. The summed E-state index contributed by atoms with van der Waals surface area (Å²) in [5, 5.41) is 0. The summed E-state index contributed by atoms with van der Waals surface area (Å²) < 4.78 is 22.0. The zero-order valence-electron chi connectivity index (χ0n) is 19.8. The van der Waals surface area contributed by atoms with Gasteiger partial charge in [-0.1, -0.05) is 62.6 Å². The number of benzene rings is 1. The molecule has 0 fully saturated rings. The standard InChI is InChI=1S/C25H37NO5Si/c1-6-25(31-7-2)26-24(27)14-13-23(20-30-21-29-17-18-32(3,4)5)15-16-28-19-22-11-9-8-10-12-22/h6,8-13,15-16H,1,7,14,17-21H2,2-5H3/b16-15+,23-13-,26-25?. The maximum absolute atomic E-state index is 12.1. The summed E-state index contributed by atoms with van der Waals surface area (Å²) >= 11 is 0. The number of ether oxygens (including phenoxy) is 4. The molecule has 176 valence electrons. The molecule has 0 unspecified atom stereocenters. The van der Waals surface area contributed by atoms with Crippen LogP contribution in [0.3, 0.4) is 0 Å². The van der Waals surface area contributed by atoms with Crippen LogP contribution < -0.4 is 0 Å². The van der Waals surface area contributed by atoms with Gasteiger partial charge >= 0.3 is 0 Å². The molecule has 32 heavy (non-hydrogen) atoms. The first-order valence-corrected chi connectivity index (χ1v) is 14.6. The summed E-state index contributed by atoms with van der Waals surface area (Å²) in [5.74, 6) is -0.0999. The van der Waals surface area contributed by atoms with Gasteiger partial charge in [-0.15, -0.1) is 0 Å². The molecule has 0 bridgehead atoms. The van der Waals surface area contributed by atoms with Crippen LogP contribution in [-0.4, -0.2) is 46.5 Å². The van der Waals surface area contributed by atoms with Crippen molar-refractivity contribution in [3.63, 3.8) is 0 Å². The van der Waals surface area contributed by atoms with Crippen LogP contribution in [0.2, 0.25) is 25.7 Å². The summed E-state index contributed by atoms with van der Waals surface area (Å²) in [6, 6.07) is 11.0. The molecule has 7 heteroatoms. The highest BCUT2D eigenvalue weighted by atomic mass is 28.3. The molecule has 0 atom stereocenters. The number of rotatable bonds is 15. The molecular weight excluding hydrogens is 422 g/mol. The fourth-order valence-corrected chi connectivity index (χ4v) is 3.11. The monoisotopic (exact) mass is 459 g/mol. The Kier molecular flexibility index (Phi) is 13.9. The summed E-state index contributed by atoms with van der Waals surface area (Å²) in [6.45, 7) is 14.4. The van der Waals surface area contributed by atoms with Crippen molar-refractivity contribution in [2.24, 2.45) is 4.99 Å². The van der Waals surface area contributed by atoms with Gasteiger partial charge < -0.3 is 18.9 Å². The molecule has 0 spiro atoms. The zero-order chi connectivity index (χ0) is 23.7. The third-order valence-corrected chi connectivity index (χ3v) is 5.85. The Morgan fingerprint density at radius 2 is 1.91 bits per heavy atom. The summed E-state index contributed by atoms with van der Waals surface area (Å²) in [5.41, 5.74) is 1.87. The van der Waals surface area contributed by atoms with Crippen molar-refractivity contribution in [1.82, 2.24) is 0 Å². The van der Waals surface area contributed by atoms with Gasteiger partial charge in [0, 0.05) is 21.1 Å². The highest BCUT2D eigenvalue weighted by Gasteiger charge is 2.11. The average molecular weight is 460 g/mol. The van der Waals surface area contributed by atoms with Crippen LogP contribution in [0.1, 0.15) is 18.9 Å². The van der Waals surface area contributed by atoms with E-state index in [1.807, 2.05) is 37.3 Å². The van der Waals surface area contributed by atoms with Crippen molar-refractivity contribution in [1.29, 1.82) is 0 Å². The second-order valence-electron chi connectivity index (χ2n) is 8.25. The van der Waals surface area contributed by atoms with Gasteiger partial charge in [0.05, 0.1) is 19.5 Å². The molecule has 0 radical (unpaired) electrons. The van der Waals surface area contributed by atoms with E-state index in [-0.39, 0.29) is 25.0 Å². The molecule has 1 aromatic carbocycles. The molecule has 0 aliphatic carbocycles. The van der Waals surface area contributed by atoms with Crippen LogP contribution >= 0.6 is 0 Å². The molecule has 0 aromatic heterocycles. The smallest absolute Gasteiger partial charge is 0.252 e. The lowest BCUT2D eigenvalue weighted by Crippen LogP contribution is -2.22. The molecule has 0 saturated carbocycles. The minimum atomic E-state index is -1.12. The molecule has 1 aromatic rings. The molecule has 0 aliphatic rings. The normalized spacial score (nSPS) is 12.8. The predicted octanol–water partition coefficient (Wildman–Crippen LogP) is 5.51. The third kappa shape index (κ3) is 14.5. The first-order chi connectivity index (χ1) is 15.3. The van der Waals surface area contributed by atoms with E-state index >= 15 is 0 Å². The van der Waals surface area contributed by atoms with E-state index < -0.39 is 8.07 Å². The fraction of sp³-hybridized carbons (Fsp3) is 0.440. The van der Waals surface area contributed by atoms with Crippen molar-refractivity contribution in [2.45, 2.75) is 45.6 Å². The number of amides is 1. The van der Waals surface area contributed by atoms with Gasteiger partial charge in [-0.2, -0.15) is 4.99 Å². The fourth-order valence-electron chi connectivity index (χ4n) is 2.36. The number of carbonyl (C=O) groups excluding carboxylic acids is 1. The number of nitrogens with zero attached hydrogens (tertiary/aromatic N) is 1. The second-order valence-corrected chi connectivity index (χ2v) is 13.9. The van der Waals surface area contributed by atoms with Gasteiger partial charge in [0.2, 0.25) is 5.90 Å². The Morgan fingerprint density at radius 1 is 1.16 bits per heavy atom. The first kappa shape index (κ1) is 27.6. The molecule has 0 saturated heterocycles. The number of hydrogen-bond acceptors (Lipinski definition) is 5. The van der Waals surface area contributed by atoms with Crippen LogP contribution in [0, 0.1) is 0 Å². The highest BCUT2D eigenvalue weighted by Crippen LogP contribution is 2.08. The molecule has 0 N–H and O–H groups in total. The van der Waals surface area contributed by atoms with Gasteiger partial charge in [0.15, 0.2) is 0 Å². The summed E-state index contributed by atoms with van der Waals surface area (Å²) in [4.78, 5) is 16.1. The molecule has 1 rings (SSSR count). The summed E-state index contributed by atoms with van der Waals surface area (Å²) in [6.07, 6.45) is 6.70. The second kappa shape index (κ2) is 16.2. The largest absolute Gasteiger partial charge is 0.497 e. The minimum absolute atomic E-state index is 0.114. The van der Waals surface area contributed by atoms with Gasteiger partial charge in [-0.25, -0.2) is 0 Å². The summed E-state index contributed by atoms with van der Waals surface area (Å²) in [7, 11) is -1.12.